The zero-order valence-electron chi connectivity index (χ0n) is 13.9. The smallest absolute Gasteiger partial charge is 0.282 e. The number of quaternary nitrogens is 1. The lowest BCUT2D eigenvalue weighted by atomic mass is 10.1. The standard InChI is InChI=1S/C20H26N2O/c1-15(21-18-10-4-2-3-5-11-18)20(23)22-19-13-12-16-8-6-7-9-17(16)14-19/h6-9,12-15,18,21H,2-5,10-11H2,1H3,(H,22,23)/p+1/t15-/m1/s1. The molecule has 23 heavy (non-hydrogen) atoms. The Kier molecular flexibility index (Phi) is 5.29. The summed E-state index contributed by atoms with van der Waals surface area (Å²) in [6.45, 7) is 2.02. The van der Waals surface area contributed by atoms with E-state index in [4.69, 9.17) is 0 Å². The summed E-state index contributed by atoms with van der Waals surface area (Å²) in [5.74, 6) is 0.101. The van der Waals surface area contributed by atoms with Crippen molar-refractivity contribution in [2.24, 2.45) is 0 Å². The average Bonchev–Trinajstić information content (AvgIpc) is 2.83. The van der Waals surface area contributed by atoms with Crippen LogP contribution in [0.25, 0.3) is 10.8 Å². The molecule has 3 rings (SSSR count). The molecule has 2 aromatic rings. The van der Waals surface area contributed by atoms with Gasteiger partial charge in [-0.1, -0.05) is 43.2 Å². The topological polar surface area (TPSA) is 45.7 Å². The monoisotopic (exact) mass is 311 g/mol. The second-order valence-corrected chi connectivity index (χ2v) is 6.78. The summed E-state index contributed by atoms with van der Waals surface area (Å²) in [5.41, 5.74) is 0.884. The van der Waals surface area contributed by atoms with Gasteiger partial charge in [-0.3, -0.25) is 4.79 Å². The van der Waals surface area contributed by atoms with Crippen molar-refractivity contribution in [2.75, 3.05) is 5.32 Å². The molecular weight excluding hydrogens is 284 g/mol. The molecule has 1 aliphatic carbocycles. The molecule has 0 spiro atoms. The van der Waals surface area contributed by atoms with Crippen LogP contribution in [0.3, 0.4) is 0 Å². The molecule has 3 N–H and O–H groups in total. The third kappa shape index (κ3) is 4.32. The van der Waals surface area contributed by atoms with Crippen molar-refractivity contribution >= 4 is 22.4 Å². The van der Waals surface area contributed by atoms with Crippen molar-refractivity contribution in [1.82, 2.24) is 0 Å². The zero-order chi connectivity index (χ0) is 16.1. The first-order valence-electron chi connectivity index (χ1n) is 8.87. The van der Waals surface area contributed by atoms with E-state index < -0.39 is 0 Å². The fourth-order valence-corrected chi connectivity index (χ4v) is 3.52. The van der Waals surface area contributed by atoms with Crippen LogP contribution in [0.15, 0.2) is 42.5 Å². The molecule has 1 amide bonds. The van der Waals surface area contributed by atoms with Gasteiger partial charge in [-0.05, 0) is 55.5 Å². The second kappa shape index (κ2) is 7.60. The van der Waals surface area contributed by atoms with Gasteiger partial charge < -0.3 is 10.6 Å². The quantitative estimate of drug-likeness (QED) is 0.835. The summed E-state index contributed by atoms with van der Waals surface area (Å²) in [7, 11) is 0. The minimum atomic E-state index is -0.0374. The van der Waals surface area contributed by atoms with Crippen LogP contribution in [0.1, 0.15) is 45.4 Å². The molecule has 1 aliphatic rings. The van der Waals surface area contributed by atoms with E-state index in [1.165, 1.54) is 43.9 Å². The lowest BCUT2D eigenvalue weighted by Crippen LogP contribution is -2.96. The van der Waals surface area contributed by atoms with E-state index in [0.29, 0.717) is 6.04 Å². The van der Waals surface area contributed by atoms with E-state index in [-0.39, 0.29) is 11.9 Å². The first-order valence-corrected chi connectivity index (χ1v) is 8.87. The van der Waals surface area contributed by atoms with E-state index in [1.807, 2.05) is 31.2 Å². The number of anilines is 1. The first kappa shape index (κ1) is 16.0. The zero-order valence-corrected chi connectivity index (χ0v) is 13.9. The summed E-state index contributed by atoms with van der Waals surface area (Å²) in [6, 6.07) is 14.9. The molecular formula is C20H27N2O+. The fraction of sp³-hybridized carbons (Fsp3) is 0.450. The number of nitrogens with two attached hydrogens (primary N) is 1. The second-order valence-electron chi connectivity index (χ2n) is 6.78. The molecule has 3 nitrogen and oxygen atoms in total. The number of amides is 1. The summed E-state index contributed by atoms with van der Waals surface area (Å²) < 4.78 is 0. The number of carbonyl (C=O) groups is 1. The van der Waals surface area contributed by atoms with Crippen LogP contribution in [-0.2, 0) is 4.79 Å². The number of benzene rings is 2. The van der Waals surface area contributed by atoms with Crippen molar-refractivity contribution in [3.8, 4) is 0 Å². The molecule has 0 heterocycles. The lowest BCUT2D eigenvalue weighted by Gasteiger charge is -2.18. The van der Waals surface area contributed by atoms with Gasteiger partial charge >= 0.3 is 0 Å². The number of hydrogen-bond acceptors (Lipinski definition) is 1. The highest BCUT2D eigenvalue weighted by Gasteiger charge is 2.22. The van der Waals surface area contributed by atoms with E-state index in [2.05, 4.69) is 28.8 Å². The average molecular weight is 311 g/mol. The third-order valence-electron chi connectivity index (χ3n) is 4.89. The van der Waals surface area contributed by atoms with Crippen LogP contribution in [0.2, 0.25) is 0 Å². The molecule has 1 atom stereocenters. The highest BCUT2D eigenvalue weighted by atomic mass is 16.2. The Morgan fingerprint density at radius 3 is 2.48 bits per heavy atom. The van der Waals surface area contributed by atoms with Crippen LogP contribution in [0.4, 0.5) is 5.69 Å². The molecule has 1 fully saturated rings. The summed E-state index contributed by atoms with van der Waals surface area (Å²) in [6.07, 6.45) is 7.80. The van der Waals surface area contributed by atoms with Crippen LogP contribution < -0.4 is 10.6 Å². The Morgan fingerprint density at radius 1 is 1.04 bits per heavy atom. The number of carbonyl (C=O) groups excluding carboxylic acids is 1. The van der Waals surface area contributed by atoms with Crippen molar-refractivity contribution < 1.29 is 10.1 Å². The highest BCUT2D eigenvalue weighted by Crippen LogP contribution is 2.19. The Labute approximate surface area is 138 Å². The van der Waals surface area contributed by atoms with Gasteiger partial charge in [-0.25, -0.2) is 0 Å². The third-order valence-corrected chi connectivity index (χ3v) is 4.89. The molecule has 0 aliphatic heterocycles. The SMILES string of the molecule is C[C@@H]([NH2+]C1CCCCCC1)C(=O)Nc1ccc2ccccc2c1. The molecule has 0 unspecified atom stereocenters. The Balaban J connectivity index is 1.60. The molecule has 0 aromatic heterocycles. The molecule has 2 aromatic carbocycles. The van der Waals surface area contributed by atoms with Crippen molar-refractivity contribution in [2.45, 2.75) is 57.5 Å². The predicted octanol–water partition coefficient (Wildman–Crippen LogP) is 3.45. The molecule has 0 saturated heterocycles. The molecule has 1 saturated carbocycles. The van der Waals surface area contributed by atoms with E-state index >= 15 is 0 Å². The van der Waals surface area contributed by atoms with Crippen LogP contribution in [-0.4, -0.2) is 18.0 Å². The Hall–Kier alpha value is -1.87. The summed E-state index contributed by atoms with van der Waals surface area (Å²) in [5, 5.41) is 7.69. The predicted molar refractivity (Wildman–Crippen MR) is 95.5 cm³/mol. The van der Waals surface area contributed by atoms with Gasteiger partial charge in [-0.2, -0.15) is 0 Å². The van der Waals surface area contributed by atoms with Crippen molar-refractivity contribution in [3.63, 3.8) is 0 Å². The molecule has 122 valence electrons. The van der Waals surface area contributed by atoms with E-state index in [0.717, 1.165) is 11.1 Å². The minimum Gasteiger partial charge on any atom is -0.334 e. The fourth-order valence-electron chi connectivity index (χ4n) is 3.52. The summed E-state index contributed by atoms with van der Waals surface area (Å²) >= 11 is 0. The van der Waals surface area contributed by atoms with Gasteiger partial charge in [-0.15, -0.1) is 0 Å². The largest absolute Gasteiger partial charge is 0.334 e. The maximum atomic E-state index is 12.5. The summed E-state index contributed by atoms with van der Waals surface area (Å²) in [4.78, 5) is 12.5. The van der Waals surface area contributed by atoms with Gasteiger partial charge in [0.2, 0.25) is 0 Å². The molecule has 0 radical (unpaired) electrons. The van der Waals surface area contributed by atoms with E-state index in [9.17, 15) is 4.79 Å². The Bertz CT molecular complexity index is 659. The number of nitrogens with one attached hydrogen (secondary N) is 1. The van der Waals surface area contributed by atoms with Crippen molar-refractivity contribution in [1.29, 1.82) is 0 Å². The first-order chi connectivity index (χ1) is 11.2. The van der Waals surface area contributed by atoms with Crippen LogP contribution in [0.5, 0.6) is 0 Å². The normalized spacial score (nSPS) is 17.6. The highest BCUT2D eigenvalue weighted by molar-refractivity contribution is 5.96. The van der Waals surface area contributed by atoms with Gasteiger partial charge in [0.25, 0.3) is 5.91 Å². The maximum absolute atomic E-state index is 12.5. The Morgan fingerprint density at radius 2 is 1.74 bits per heavy atom. The molecule has 3 heteroatoms. The minimum absolute atomic E-state index is 0.0374. The van der Waals surface area contributed by atoms with Crippen LogP contribution >= 0.6 is 0 Å². The number of fused-ring (bicyclic) bond motifs is 1. The van der Waals surface area contributed by atoms with Gasteiger partial charge in [0, 0.05) is 5.69 Å². The van der Waals surface area contributed by atoms with Gasteiger partial charge in [0.1, 0.15) is 0 Å². The van der Waals surface area contributed by atoms with E-state index in [1.54, 1.807) is 0 Å². The van der Waals surface area contributed by atoms with Gasteiger partial charge in [0.05, 0.1) is 6.04 Å². The lowest BCUT2D eigenvalue weighted by molar-refractivity contribution is -0.707. The van der Waals surface area contributed by atoms with Crippen LogP contribution in [0, 0.1) is 0 Å². The maximum Gasteiger partial charge on any atom is 0.282 e. The number of rotatable bonds is 4. The molecule has 0 bridgehead atoms. The number of hydrogen-bond donors (Lipinski definition) is 2. The van der Waals surface area contributed by atoms with Gasteiger partial charge in [0.15, 0.2) is 6.04 Å². The van der Waals surface area contributed by atoms with Crippen molar-refractivity contribution in [3.05, 3.63) is 42.5 Å².